The number of hydrogen-bond donors (Lipinski definition) is 0. The van der Waals surface area contributed by atoms with E-state index in [1.54, 1.807) is 0 Å². The molecule has 1 unspecified atom stereocenters. The van der Waals surface area contributed by atoms with E-state index in [1.165, 1.54) is 25.1 Å². The molecule has 15 heavy (non-hydrogen) atoms. The molecule has 0 saturated heterocycles. The Morgan fingerprint density at radius 2 is 2.13 bits per heavy atom. The zero-order chi connectivity index (χ0) is 11.6. The molecule has 0 saturated carbocycles. The maximum Gasteiger partial charge on any atom is 0.271 e. The average Bonchev–Trinajstić information content (AvgIpc) is 2.15. The minimum atomic E-state index is -0.695. The second kappa shape index (κ2) is 4.72. The van der Waals surface area contributed by atoms with Crippen LogP contribution in [0.1, 0.15) is 17.3 Å². The van der Waals surface area contributed by atoms with Gasteiger partial charge in [-0.25, -0.2) is 0 Å². The van der Waals surface area contributed by atoms with Crippen molar-refractivity contribution in [3.63, 3.8) is 0 Å². The molecule has 1 aromatic rings. The Kier molecular flexibility index (Phi) is 3.82. The van der Waals surface area contributed by atoms with Gasteiger partial charge < -0.3 is 0 Å². The predicted molar refractivity (Wildman–Crippen MR) is 60.4 cm³/mol. The maximum absolute atomic E-state index is 11.5. The Labute approximate surface area is 99.5 Å². The molecule has 6 heteroatoms. The molecule has 4 nitrogen and oxygen atoms in total. The van der Waals surface area contributed by atoms with Crippen LogP contribution in [0.2, 0.25) is 0 Å². The first-order valence-electron chi connectivity index (χ1n) is 4.05. The first-order valence-corrected chi connectivity index (χ1v) is 5.28. The van der Waals surface area contributed by atoms with E-state index in [-0.39, 0.29) is 17.0 Å². The van der Waals surface area contributed by atoms with E-state index in [4.69, 9.17) is 11.6 Å². The fourth-order valence-electron chi connectivity index (χ4n) is 1.05. The Morgan fingerprint density at radius 1 is 1.53 bits per heavy atom. The van der Waals surface area contributed by atoms with Gasteiger partial charge in [-0.2, -0.15) is 0 Å². The SMILES string of the molecule is CC(Cl)C(=O)c1cc(Br)cc([N+](=O)[O-])c1. The lowest BCUT2D eigenvalue weighted by Crippen LogP contribution is -2.10. The van der Waals surface area contributed by atoms with Gasteiger partial charge in [-0.15, -0.1) is 11.6 Å². The number of ketones is 1. The number of hydrogen-bond acceptors (Lipinski definition) is 3. The monoisotopic (exact) mass is 291 g/mol. The van der Waals surface area contributed by atoms with E-state index in [0.717, 1.165) is 0 Å². The third kappa shape index (κ3) is 3.00. The van der Waals surface area contributed by atoms with Gasteiger partial charge in [-0.1, -0.05) is 15.9 Å². The van der Waals surface area contributed by atoms with Gasteiger partial charge in [0.2, 0.25) is 0 Å². The van der Waals surface area contributed by atoms with Crippen molar-refractivity contribution in [2.24, 2.45) is 0 Å². The molecule has 0 aliphatic carbocycles. The molecule has 0 bridgehead atoms. The van der Waals surface area contributed by atoms with Crippen molar-refractivity contribution in [1.82, 2.24) is 0 Å². The summed E-state index contributed by atoms with van der Waals surface area (Å²) in [6, 6.07) is 4.05. The summed E-state index contributed by atoms with van der Waals surface area (Å²) in [5, 5.41) is 9.84. The molecule has 80 valence electrons. The van der Waals surface area contributed by atoms with Gasteiger partial charge in [0.1, 0.15) is 0 Å². The lowest BCUT2D eigenvalue weighted by molar-refractivity contribution is -0.384. The summed E-state index contributed by atoms with van der Waals surface area (Å²) in [6.07, 6.45) is 0. The highest BCUT2D eigenvalue weighted by atomic mass is 79.9. The molecule has 1 rings (SSSR count). The summed E-state index contributed by atoms with van der Waals surface area (Å²) in [6.45, 7) is 1.52. The van der Waals surface area contributed by atoms with Crippen molar-refractivity contribution < 1.29 is 9.72 Å². The van der Waals surface area contributed by atoms with Crippen LogP contribution in [-0.4, -0.2) is 16.1 Å². The van der Waals surface area contributed by atoms with Crippen molar-refractivity contribution in [2.75, 3.05) is 0 Å². The standard InChI is InChI=1S/C9H7BrClNO3/c1-5(11)9(13)6-2-7(10)4-8(3-6)12(14)15/h2-5H,1H3. The summed E-state index contributed by atoms with van der Waals surface area (Å²) in [7, 11) is 0. The van der Waals surface area contributed by atoms with Gasteiger partial charge in [0, 0.05) is 22.2 Å². The summed E-state index contributed by atoms with van der Waals surface area (Å²) in [5.41, 5.74) is 0.101. The highest BCUT2D eigenvalue weighted by molar-refractivity contribution is 9.10. The Balaban J connectivity index is 3.20. The molecule has 0 N–H and O–H groups in total. The zero-order valence-electron chi connectivity index (χ0n) is 7.74. The lowest BCUT2D eigenvalue weighted by Gasteiger charge is -2.03. The Hall–Kier alpha value is -0.940. The minimum Gasteiger partial charge on any atom is -0.293 e. The normalized spacial score (nSPS) is 12.2. The fourth-order valence-corrected chi connectivity index (χ4v) is 1.66. The molecular weight excluding hydrogens is 285 g/mol. The highest BCUT2D eigenvalue weighted by Crippen LogP contribution is 2.22. The van der Waals surface area contributed by atoms with Gasteiger partial charge in [0.15, 0.2) is 5.78 Å². The number of nitrogens with zero attached hydrogens (tertiary/aromatic N) is 1. The Morgan fingerprint density at radius 3 is 2.60 bits per heavy atom. The van der Waals surface area contributed by atoms with Crippen molar-refractivity contribution in [1.29, 1.82) is 0 Å². The molecule has 1 atom stereocenters. The fraction of sp³-hybridized carbons (Fsp3) is 0.222. The number of nitro benzene ring substituents is 1. The topological polar surface area (TPSA) is 60.2 Å². The molecule has 0 aliphatic rings. The maximum atomic E-state index is 11.5. The first kappa shape index (κ1) is 12.1. The number of alkyl halides is 1. The van der Waals surface area contributed by atoms with E-state index < -0.39 is 10.3 Å². The number of nitro groups is 1. The summed E-state index contributed by atoms with van der Waals surface area (Å²) in [4.78, 5) is 21.5. The van der Waals surface area contributed by atoms with Crippen molar-refractivity contribution in [3.8, 4) is 0 Å². The molecule has 0 amide bonds. The van der Waals surface area contributed by atoms with Gasteiger partial charge >= 0.3 is 0 Å². The largest absolute Gasteiger partial charge is 0.293 e. The lowest BCUT2D eigenvalue weighted by atomic mass is 10.1. The second-order valence-electron chi connectivity index (χ2n) is 2.94. The number of carbonyl (C=O) groups excluding carboxylic acids is 1. The smallest absolute Gasteiger partial charge is 0.271 e. The summed E-state index contributed by atoms with van der Waals surface area (Å²) < 4.78 is 0.484. The first-order chi connectivity index (χ1) is 6.91. The third-order valence-electron chi connectivity index (χ3n) is 1.74. The molecule has 0 heterocycles. The van der Waals surface area contributed by atoms with Crippen LogP contribution in [0.4, 0.5) is 5.69 Å². The number of non-ortho nitro benzene ring substituents is 1. The van der Waals surface area contributed by atoms with Crippen LogP contribution in [0.25, 0.3) is 0 Å². The van der Waals surface area contributed by atoms with Crippen molar-refractivity contribution in [2.45, 2.75) is 12.3 Å². The number of carbonyl (C=O) groups is 1. The predicted octanol–water partition coefficient (Wildman–Crippen LogP) is 3.17. The summed E-state index contributed by atoms with van der Waals surface area (Å²) in [5.74, 6) is -0.332. The second-order valence-corrected chi connectivity index (χ2v) is 4.51. The van der Waals surface area contributed by atoms with Gasteiger partial charge in [0.25, 0.3) is 5.69 Å². The van der Waals surface area contributed by atoms with Crippen molar-refractivity contribution >= 4 is 39.0 Å². The number of rotatable bonds is 3. The van der Waals surface area contributed by atoms with E-state index in [1.807, 2.05) is 0 Å². The molecule has 0 aliphatic heterocycles. The highest BCUT2D eigenvalue weighted by Gasteiger charge is 2.17. The molecule has 0 fully saturated rings. The van der Waals surface area contributed by atoms with E-state index in [2.05, 4.69) is 15.9 Å². The van der Waals surface area contributed by atoms with Crippen LogP contribution in [0, 0.1) is 10.1 Å². The van der Waals surface area contributed by atoms with Gasteiger partial charge in [0.05, 0.1) is 10.3 Å². The molecule has 0 radical (unpaired) electrons. The minimum absolute atomic E-state index is 0.134. The van der Waals surface area contributed by atoms with Crippen LogP contribution in [-0.2, 0) is 0 Å². The van der Waals surface area contributed by atoms with Crippen LogP contribution < -0.4 is 0 Å². The Bertz CT molecular complexity index is 420. The molecular formula is C9H7BrClNO3. The number of Topliss-reactive ketones (excluding diaryl/α,β-unsaturated/α-hetero) is 1. The average molecular weight is 293 g/mol. The van der Waals surface area contributed by atoms with Crippen molar-refractivity contribution in [3.05, 3.63) is 38.3 Å². The molecule has 0 aromatic heterocycles. The number of halogens is 2. The van der Waals surface area contributed by atoms with Gasteiger partial charge in [-0.3, -0.25) is 14.9 Å². The third-order valence-corrected chi connectivity index (χ3v) is 2.40. The van der Waals surface area contributed by atoms with Crippen LogP contribution in [0.3, 0.4) is 0 Å². The molecule has 0 spiro atoms. The van der Waals surface area contributed by atoms with Crippen LogP contribution in [0.15, 0.2) is 22.7 Å². The molecule has 1 aromatic carbocycles. The zero-order valence-corrected chi connectivity index (χ0v) is 10.1. The summed E-state index contributed by atoms with van der Waals surface area (Å²) >= 11 is 8.71. The van der Waals surface area contributed by atoms with E-state index in [0.29, 0.717) is 4.47 Å². The van der Waals surface area contributed by atoms with E-state index >= 15 is 0 Å². The van der Waals surface area contributed by atoms with Crippen LogP contribution >= 0.6 is 27.5 Å². The van der Waals surface area contributed by atoms with Crippen LogP contribution in [0.5, 0.6) is 0 Å². The van der Waals surface area contributed by atoms with E-state index in [9.17, 15) is 14.9 Å². The number of benzene rings is 1. The quantitative estimate of drug-likeness (QED) is 0.372. The van der Waals surface area contributed by atoms with Gasteiger partial charge in [-0.05, 0) is 13.0 Å².